The monoisotopic (exact) mass is 408 g/mol. The maximum Gasteiger partial charge on any atom is 0.260 e. The van der Waals surface area contributed by atoms with Crippen LogP contribution in [-0.2, 0) is 14.4 Å². The van der Waals surface area contributed by atoms with E-state index in [-0.39, 0.29) is 42.2 Å². The van der Waals surface area contributed by atoms with Gasteiger partial charge in [-0.3, -0.25) is 19.3 Å². The zero-order chi connectivity index (χ0) is 19.1. The molecule has 1 aromatic rings. The third kappa shape index (κ3) is 3.32. The second kappa shape index (κ2) is 7.17. The van der Waals surface area contributed by atoms with E-state index < -0.39 is 0 Å². The highest BCUT2D eigenvalue weighted by molar-refractivity contribution is 6.35. The Balaban J connectivity index is 1.31. The van der Waals surface area contributed by atoms with Crippen LogP contribution >= 0.6 is 23.2 Å². The Labute approximate surface area is 166 Å². The molecule has 0 N–H and O–H groups in total. The number of carbonyl (C=O) groups is 3. The molecule has 2 saturated heterocycles. The Morgan fingerprint density at radius 3 is 2.30 bits per heavy atom. The summed E-state index contributed by atoms with van der Waals surface area (Å²) in [5.74, 6) is -0.500. The molecule has 2 aliphatic heterocycles. The average Bonchev–Trinajstić information content (AvgIpc) is 2.85. The Hall–Kier alpha value is -2.05. The molecule has 0 spiro atoms. The first-order valence-electron chi connectivity index (χ1n) is 8.83. The van der Waals surface area contributed by atoms with Crippen molar-refractivity contribution >= 4 is 40.9 Å². The van der Waals surface area contributed by atoms with Gasteiger partial charge >= 0.3 is 0 Å². The fourth-order valence-electron chi connectivity index (χ4n) is 3.83. The second-order valence-electron chi connectivity index (χ2n) is 7.02. The van der Waals surface area contributed by atoms with Gasteiger partial charge in [-0.2, -0.15) is 0 Å². The first-order chi connectivity index (χ1) is 13.0. The quantitative estimate of drug-likeness (QED) is 0.566. The molecule has 0 bridgehead atoms. The summed E-state index contributed by atoms with van der Waals surface area (Å²) < 4.78 is 5.45. The van der Waals surface area contributed by atoms with Crippen LogP contribution in [0.2, 0.25) is 10.0 Å². The number of benzene rings is 1. The minimum absolute atomic E-state index is 0.101. The predicted molar refractivity (Wildman–Crippen MR) is 99.5 cm³/mol. The van der Waals surface area contributed by atoms with Crippen LogP contribution in [-0.4, -0.2) is 53.3 Å². The molecule has 142 valence electrons. The number of nitrogens with zero attached hydrogens (tertiary/aromatic N) is 2. The minimum atomic E-state index is -0.237. The van der Waals surface area contributed by atoms with Crippen molar-refractivity contribution in [2.75, 3.05) is 19.7 Å². The molecule has 6 nitrogen and oxygen atoms in total. The van der Waals surface area contributed by atoms with Gasteiger partial charge in [0.15, 0.2) is 6.61 Å². The van der Waals surface area contributed by atoms with Gasteiger partial charge in [-0.15, -0.1) is 0 Å². The van der Waals surface area contributed by atoms with E-state index in [0.717, 1.165) is 0 Å². The Kier molecular flexibility index (Phi) is 4.86. The van der Waals surface area contributed by atoms with Crippen molar-refractivity contribution in [2.24, 2.45) is 11.8 Å². The van der Waals surface area contributed by atoms with Crippen LogP contribution in [0.5, 0.6) is 5.75 Å². The number of ether oxygens (including phenoxy) is 1. The van der Waals surface area contributed by atoms with Crippen molar-refractivity contribution in [3.8, 4) is 5.75 Å². The summed E-state index contributed by atoms with van der Waals surface area (Å²) >= 11 is 11.9. The smallest absolute Gasteiger partial charge is 0.260 e. The number of imide groups is 1. The lowest BCUT2D eigenvalue weighted by atomic mass is 9.85. The van der Waals surface area contributed by atoms with Crippen LogP contribution in [0, 0.1) is 11.8 Å². The summed E-state index contributed by atoms with van der Waals surface area (Å²) in [6.07, 6.45) is 5.17. The van der Waals surface area contributed by atoms with Gasteiger partial charge in [0.25, 0.3) is 5.91 Å². The van der Waals surface area contributed by atoms with Crippen molar-refractivity contribution in [1.29, 1.82) is 0 Å². The third-order valence-corrected chi connectivity index (χ3v) is 5.90. The van der Waals surface area contributed by atoms with E-state index in [9.17, 15) is 14.4 Å². The fourth-order valence-corrected chi connectivity index (χ4v) is 4.29. The lowest BCUT2D eigenvalue weighted by molar-refractivity contribution is -0.153. The van der Waals surface area contributed by atoms with Gasteiger partial charge in [0, 0.05) is 18.1 Å². The molecule has 8 heteroatoms. The van der Waals surface area contributed by atoms with E-state index in [1.54, 1.807) is 23.1 Å². The number of hydrogen-bond donors (Lipinski definition) is 0. The van der Waals surface area contributed by atoms with E-state index in [4.69, 9.17) is 27.9 Å². The summed E-state index contributed by atoms with van der Waals surface area (Å²) in [6, 6.07) is 4.54. The van der Waals surface area contributed by atoms with Crippen LogP contribution in [0.25, 0.3) is 0 Å². The highest BCUT2D eigenvalue weighted by Gasteiger charge is 2.52. The molecule has 27 heavy (non-hydrogen) atoms. The fraction of sp³-hybridized carbons (Fsp3) is 0.421. The third-order valence-electron chi connectivity index (χ3n) is 5.37. The highest BCUT2D eigenvalue weighted by Crippen LogP contribution is 2.37. The number of allylic oxidation sites excluding steroid dienone is 2. The Bertz CT molecular complexity index is 809. The van der Waals surface area contributed by atoms with Gasteiger partial charge in [-0.1, -0.05) is 35.4 Å². The van der Waals surface area contributed by atoms with Gasteiger partial charge in [-0.25, -0.2) is 0 Å². The van der Waals surface area contributed by atoms with E-state index >= 15 is 0 Å². The van der Waals surface area contributed by atoms with Gasteiger partial charge < -0.3 is 9.64 Å². The van der Waals surface area contributed by atoms with E-state index in [0.29, 0.717) is 41.7 Å². The molecule has 0 aromatic heterocycles. The molecule has 2 fully saturated rings. The van der Waals surface area contributed by atoms with Gasteiger partial charge in [0.05, 0.1) is 22.9 Å². The molecule has 3 amide bonds. The van der Waals surface area contributed by atoms with Gasteiger partial charge in [0.1, 0.15) is 5.75 Å². The second-order valence-corrected chi connectivity index (χ2v) is 7.86. The average molecular weight is 409 g/mol. The van der Waals surface area contributed by atoms with E-state index in [2.05, 4.69) is 0 Å². The summed E-state index contributed by atoms with van der Waals surface area (Å²) in [6.45, 7) is 0.535. The lowest BCUT2D eigenvalue weighted by Crippen LogP contribution is -2.63. The largest absolute Gasteiger partial charge is 0.482 e. The molecule has 2 unspecified atom stereocenters. The number of hydrogen-bond acceptors (Lipinski definition) is 4. The SMILES string of the molecule is O=C(COc1ccc(Cl)cc1Cl)N1CC(N2C(=O)C3CC=CCC3C2=O)C1. The van der Waals surface area contributed by atoms with Crippen molar-refractivity contribution < 1.29 is 19.1 Å². The van der Waals surface area contributed by atoms with Gasteiger partial charge in [-0.05, 0) is 31.0 Å². The molecule has 1 aliphatic carbocycles. The normalized spacial score (nSPS) is 24.8. The van der Waals surface area contributed by atoms with Crippen molar-refractivity contribution in [3.63, 3.8) is 0 Å². The summed E-state index contributed by atoms with van der Waals surface area (Å²) in [5.41, 5.74) is 0. The molecular formula is C19H18Cl2N2O4. The zero-order valence-corrected chi connectivity index (χ0v) is 15.9. The summed E-state index contributed by atoms with van der Waals surface area (Å²) in [5, 5.41) is 0.821. The van der Waals surface area contributed by atoms with E-state index in [1.165, 1.54) is 4.90 Å². The first kappa shape index (κ1) is 18.3. The zero-order valence-electron chi connectivity index (χ0n) is 14.4. The van der Waals surface area contributed by atoms with Crippen molar-refractivity contribution in [2.45, 2.75) is 18.9 Å². The molecule has 0 saturated carbocycles. The summed E-state index contributed by atoms with van der Waals surface area (Å²) in [7, 11) is 0. The Morgan fingerprint density at radius 2 is 1.70 bits per heavy atom. The number of amides is 3. The Morgan fingerprint density at radius 1 is 1.07 bits per heavy atom. The maximum absolute atomic E-state index is 12.6. The van der Waals surface area contributed by atoms with Crippen LogP contribution in [0.4, 0.5) is 0 Å². The molecule has 1 aromatic carbocycles. The number of fused-ring (bicyclic) bond motifs is 1. The van der Waals surface area contributed by atoms with Crippen LogP contribution < -0.4 is 4.74 Å². The number of carbonyl (C=O) groups excluding carboxylic acids is 3. The molecule has 2 heterocycles. The van der Waals surface area contributed by atoms with Crippen molar-refractivity contribution in [3.05, 3.63) is 40.4 Å². The topological polar surface area (TPSA) is 66.9 Å². The maximum atomic E-state index is 12.6. The minimum Gasteiger partial charge on any atom is -0.482 e. The highest BCUT2D eigenvalue weighted by atomic mass is 35.5. The number of halogens is 2. The molecular weight excluding hydrogens is 391 g/mol. The molecule has 3 aliphatic rings. The van der Waals surface area contributed by atoms with E-state index in [1.807, 2.05) is 12.2 Å². The molecule has 4 rings (SSSR count). The summed E-state index contributed by atoms with van der Waals surface area (Å²) in [4.78, 5) is 40.3. The van der Waals surface area contributed by atoms with Crippen LogP contribution in [0.15, 0.2) is 30.4 Å². The number of likely N-dealkylation sites (tertiary alicyclic amines) is 2. The van der Waals surface area contributed by atoms with Crippen LogP contribution in [0.1, 0.15) is 12.8 Å². The lowest BCUT2D eigenvalue weighted by Gasteiger charge is -2.43. The van der Waals surface area contributed by atoms with Gasteiger partial charge in [0.2, 0.25) is 11.8 Å². The standard InChI is InChI=1S/C19H18Cl2N2O4/c20-11-5-6-16(15(21)7-11)27-10-17(24)22-8-12(9-22)23-18(25)13-3-1-2-4-14(13)19(23)26/h1-2,5-7,12-14H,3-4,8-10H2. The number of rotatable bonds is 4. The molecule has 0 radical (unpaired) electrons. The molecule has 2 atom stereocenters. The van der Waals surface area contributed by atoms with Crippen molar-refractivity contribution in [1.82, 2.24) is 9.80 Å². The predicted octanol–water partition coefficient (Wildman–Crippen LogP) is 2.53. The van der Waals surface area contributed by atoms with Crippen LogP contribution in [0.3, 0.4) is 0 Å². The first-order valence-corrected chi connectivity index (χ1v) is 9.59.